The van der Waals surface area contributed by atoms with Crippen LogP contribution in [-0.2, 0) is 32.3 Å². The van der Waals surface area contributed by atoms with Crippen LogP contribution in [0.5, 0.6) is 0 Å². The summed E-state index contributed by atoms with van der Waals surface area (Å²) in [6, 6.07) is 8.33. The Kier molecular flexibility index (Phi) is 8.59. The molecule has 0 saturated carbocycles. The molecule has 1 N–H and O–H groups in total. The smallest absolute Gasteiger partial charge is 0.357 e. The minimum absolute atomic E-state index is 0.0198. The van der Waals surface area contributed by atoms with Gasteiger partial charge in [-0.2, -0.15) is 13.2 Å². The standard InChI is InChI=1S/C22H25ClF3N3O4S/c1-14-7-5-6-8-16(14)12-28(15(2)21(31)27-3)20(30)13-29(34(4,32)33)19-11-17(22(24,25)26)9-10-18(19)23/h5-11,15H,12-13H2,1-4H3,(H,27,31). The number of carbonyl (C=O) groups is 2. The third-order valence-electron chi connectivity index (χ3n) is 5.24. The van der Waals surface area contributed by atoms with E-state index < -0.39 is 51.9 Å². The number of sulfonamides is 1. The highest BCUT2D eigenvalue weighted by Gasteiger charge is 2.34. The van der Waals surface area contributed by atoms with Crippen LogP contribution in [0.15, 0.2) is 42.5 Å². The van der Waals surface area contributed by atoms with Gasteiger partial charge in [-0.05, 0) is 43.2 Å². The lowest BCUT2D eigenvalue weighted by atomic mass is 10.1. The fourth-order valence-corrected chi connectivity index (χ4v) is 4.36. The van der Waals surface area contributed by atoms with Crippen LogP contribution in [0, 0.1) is 6.92 Å². The molecule has 1 atom stereocenters. The first-order chi connectivity index (χ1) is 15.7. The van der Waals surface area contributed by atoms with Crippen molar-refractivity contribution in [2.45, 2.75) is 32.6 Å². The maximum absolute atomic E-state index is 13.3. The van der Waals surface area contributed by atoms with Crippen LogP contribution in [0.4, 0.5) is 18.9 Å². The molecule has 0 radical (unpaired) electrons. The number of carbonyl (C=O) groups excluding carboxylic acids is 2. The maximum atomic E-state index is 13.3. The van der Waals surface area contributed by atoms with Crippen molar-refractivity contribution < 1.29 is 31.2 Å². The topological polar surface area (TPSA) is 86.8 Å². The molecule has 34 heavy (non-hydrogen) atoms. The number of aryl methyl sites for hydroxylation is 1. The fraction of sp³-hybridized carbons (Fsp3) is 0.364. The second-order valence-corrected chi connectivity index (χ2v) is 9.99. The van der Waals surface area contributed by atoms with Gasteiger partial charge in [0.15, 0.2) is 0 Å². The highest BCUT2D eigenvalue weighted by Crippen LogP contribution is 2.36. The number of nitrogens with zero attached hydrogens (tertiary/aromatic N) is 2. The van der Waals surface area contributed by atoms with E-state index in [9.17, 15) is 31.2 Å². The van der Waals surface area contributed by atoms with Gasteiger partial charge >= 0.3 is 6.18 Å². The lowest BCUT2D eigenvalue weighted by Crippen LogP contribution is -2.50. The fourth-order valence-electron chi connectivity index (χ4n) is 3.24. The van der Waals surface area contributed by atoms with Gasteiger partial charge in [-0.15, -0.1) is 0 Å². The van der Waals surface area contributed by atoms with Gasteiger partial charge in [0.1, 0.15) is 12.6 Å². The van der Waals surface area contributed by atoms with E-state index in [4.69, 9.17) is 11.6 Å². The van der Waals surface area contributed by atoms with Crippen molar-refractivity contribution >= 4 is 39.1 Å². The Balaban J connectivity index is 2.51. The van der Waals surface area contributed by atoms with Crippen LogP contribution in [0.25, 0.3) is 0 Å². The van der Waals surface area contributed by atoms with Gasteiger partial charge < -0.3 is 10.2 Å². The van der Waals surface area contributed by atoms with Crippen LogP contribution >= 0.6 is 11.6 Å². The number of anilines is 1. The van der Waals surface area contributed by atoms with Crippen molar-refractivity contribution in [1.82, 2.24) is 10.2 Å². The second-order valence-electron chi connectivity index (χ2n) is 7.67. The number of amides is 2. The van der Waals surface area contributed by atoms with Crippen molar-refractivity contribution in [3.63, 3.8) is 0 Å². The van der Waals surface area contributed by atoms with Crippen molar-refractivity contribution in [2.24, 2.45) is 0 Å². The van der Waals surface area contributed by atoms with Crippen molar-refractivity contribution in [3.05, 3.63) is 64.2 Å². The van der Waals surface area contributed by atoms with Crippen LogP contribution in [0.3, 0.4) is 0 Å². The minimum Gasteiger partial charge on any atom is -0.357 e. The van der Waals surface area contributed by atoms with Gasteiger partial charge in [0.05, 0.1) is 22.5 Å². The van der Waals surface area contributed by atoms with Crippen LogP contribution in [-0.4, -0.2) is 51.0 Å². The number of halogens is 4. The molecule has 2 amide bonds. The normalized spacial score (nSPS) is 12.7. The van der Waals surface area contributed by atoms with Crippen LogP contribution in [0.1, 0.15) is 23.6 Å². The summed E-state index contributed by atoms with van der Waals surface area (Å²) in [5.74, 6) is -1.29. The largest absolute Gasteiger partial charge is 0.416 e. The molecule has 0 fully saturated rings. The average molecular weight is 520 g/mol. The zero-order valence-corrected chi connectivity index (χ0v) is 20.6. The number of nitrogens with one attached hydrogen (secondary N) is 1. The predicted octanol–water partition coefficient (Wildman–Crippen LogP) is 3.60. The molecule has 0 spiro atoms. The summed E-state index contributed by atoms with van der Waals surface area (Å²) in [4.78, 5) is 26.8. The van der Waals surface area contributed by atoms with Gasteiger partial charge in [-0.3, -0.25) is 13.9 Å². The monoisotopic (exact) mass is 519 g/mol. The molecule has 0 bridgehead atoms. The number of hydrogen-bond acceptors (Lipinski definition) is 4. The van der Waals surface area contributed by atoms with Crippen molar-refractivity contribution in [3.8, 4) is 0 Å². The molecule has 1 unspecified atom stereocenters. The van der Waals surface area contributed by atoms with E-state index >= 15 is 0 Å². The van der Waals surface area contributed by atoms with E-state index in [0.29, 0.717) is 16.4 Å². The molecule has 0 heterocycles. The van der Waals surface area contributed by atoms with Gasteiger partial charge in [0.25, 0.3) is 0 Å². The zero-order chi connectivity index (χ0) is 25.8. The molecule has 7 nitrogen and oxygen atoms in total. The molecule has 2 aromatic carbocycles. The number of benzene rings is 2. The summed E-state index contributed by atoms with van der Waals surface area (Å²) >= 11 is 6.03. The van der Waals surface area contributed by atoms with Gasteiger partial charge in [0.2, 0.25) is 21.8 Å². The summed E-state index contributed by atoms with van der Waals surface area (Å²) in [7, 11) is -2.84. The van der Waals surface area contributed by atoms with E-state index in [-0.39, 0.29) is 11.6 Å². The first-order valence-electron chi connectivity index (χ1n) is 10.1. The van der Waals surface area contributed by atoms with Crippen molar-refractivity contribution in [2.75, 3.05) is 24.2 Å². The SMILES string of the molecule is CNC(=O)C(C)N(Cc1ccccc1C)C(=O)CN(c1cc(C(F)(F)F)ccc1Cl)S(C)(=O)=O. The van der Waals surface area contributed by atoms with Crippen molar-refractivity contribution in [1.29, 1.82) is 0 Å². The third-order valence-corrected chi connectivity index (χ3v) is 6.68. The van der Waals surface area contributed by atoms with E-state index in [1.54, 1.807) is 18.2 Å². The molecule has 0 aliphatic carbocycles. The number of alkyl halides is 3. The Labute approximate surface area is 201 Å². The van der Waals surface area contributed by atoms with E-state index in [1.165, 1.54) is 18.9 Å². The highest BCUT2D eigenvalue weighted by atomic mass is 35.5. The lowest BCUT2D eigenvalue weighted by Gasteiger charge is -2.32. The Morgan fingerprint density at radius 3 is 2.29 bits per heavy atom. The Hall–Kier alpha value is -2.79. The van der Waals surface area contributed by atoms with Crippen LogP contribution < -0.4 is 9.62 Å². The summed E-state index contributed by atoms with van der Waals surface area (Å²) in [6.07, 6.45) is -4.00. The first-order valence-corrected chi connectivity index (χ1v) is 12.3. The highest BCUT2D eigenvalue weighted by molar-refractivity contribution is 7.92. The Morgan fingerprint density at radius 1 is 1.15 bits per heavy atom. The molecule has 2 rings (SSSR count). The van der Waals surface area contributed by atoms with E-state index in [2.05, 4.69) is 5.32 Å². The van der Waals surface area contributed by atoms with Crippen LogP contribution in [0.2, 0.25) is 5.02 Å². The predicted molar refractivity (Wildman–Crippen MR) is 124 cm³/mol. The molecule has 0 aliphatic rings. The number of rotatable bonds is 8. The molecule has 0 aliphatic heterocycles. The number of likely N-dealkylation sites (N-methyl/N-ethyl adjacent to an activating group) is 1. The second kappa shape index (κ2) is 10.6. The first kappa shape index (κ1) is 27.5. The van der Waals surface area contributed by atoms with Gasteiger partial charge in [0, 0.05) is 13.6 Å². The minimum atomic E-state index is -4.75. The summed E-state index contributed by atoms with van der Waals surface area (Å²) in [6.45, 7) is 2.41. The molecular formula is C22H25ClF3N3O4S. The molecule has 186 valence electrons. The summed E-state index contributed by atoms with van der Waals surface area (Å²) in [5.41, 5.74) is -0.0563. The third kappa shape index (κ3) is 6.63. The maximum Gasteiger partial charge on any atom is 0.416 e. The van der Waals surface area contributed by atoms with E-state index in [0.717, 1.165) is 23.4 Å². The molecule has 0 saturated heterocycles. The lowest BCUT2D eigenvalue weighted by molar-refractivity contribution is -0.139. The molecule has 12 heteroatoms. The van der Waals surface area contributed by atoms with E-state index in [1.807, 2.05) is 13.0 Å². The van der Waals surface area contributed by atoms with Gasteiger partial charge in [-0.25, -0.2) is 8.42 Å². The molecule has 0 aromatic heterocycles. The molecular weight excluding hydrogens is 495 g/mol. The molecule has 2 aromatic rings. The number of hydrogen-bond donors (Lipinski definition) is 1. The average Bonchev–Trinajstić information content (AvgIpc) is 2.74. The Bertz CT molecular complexity index is 1170. The quantitative estimate of drug-likeness (QED) is 0.577. The van der Waals surface area contributed by atoms with Gasteiger partial charge in [-0.1, -0.05) is 35.9 Å². The zero-order valence-electron chi connectivity index (χ0n) is 19.0. The summed E-state index contributed by atoms with van der Waals surface area (Å²) in [5, 5.41) is 2.16. The summed E-state index contributed by atoms with van der Waals surface area (Å²) < 4.78 is 65.2. The Morgan fingerprint density at radius 2 is 1.76 bits per heavy atom.